The number of rotatable bonds is 7. The molecule has 0 radical (unpaired) electrons. The van der Waals surface area contributed by atoms with E-state index in [-0.39, 0.29) is 24.0 Å². The highest BCUT2D eigenvalue weighted by molar-refractivity contribution is 14.0. The summed E-state index contributed by atoms with van der Waals surface area (Å²) < 4.78 is 5.26. The van der Waals surface area contributed by atoms with Gasteiger partial charge in [0.15, 0.2) is 5.96 Å². The SMILES string of the molecule is CCNC(=NCc1ccccc1COC)NCc1sc(C)nc1C.I. The van der Waals surface area contributed by atoms with Crippen molar-refractivity contribution >= 4 is 41.3 Å². The molecule has 5 nitrogen and oxygen atoms in total. The van der Waals surface area contributed by atoms with Crippen LogP contribution in [0.1, 0.15) is 33.6 Å². The number of benzene rings is 1. The first-order chi connectivity index (χ1) is 11.6. The maximum Gasteiger partial charge on any atom is 0.191 e. The smallest absolute Gasteiger partial charge is 0.191 e. The lowest BCUT2D eigenvalue weighted by Gasteiger charge is -2.12. The highest BCUT2D eigenvalue weighted by Gasteiger charge is 2.06. The normalized spacial score (nSPS) is 11.1. The fourth-order valence-corrected chi connectivity index (χ4v) is 3.29. The van der Waals surface area contributed by atoms with Crippen LogP contribution in [0.5, 0.6) is 0 Å². The number of nitrogens with one attached hydrogen (secondary N) is 2. The number of guanidine groups is 1. The van der Waals surface area contributed by atoms with Crippen molar-refractivity contribution in [3.63, 3.8) is 0 Å². The Balaban J connectivity index is 0.00000312. The van der Waals surface area contributed by atoms with E-state index in [4.69, 9.17) is 9.73 Å². The standard InChI is InChI=1S/C18H26N4OS.HI/c1-5-19-18(21-11-17-13(2)22-14(3)24-17)20-10-15-8-6-7-9-16(15)12-23-4;/h6-9H,5,10-12H2,1-4H3,(H2,19,20,21);1H. The molecule has 1 aromatic heterocycles. The number of aryl methyl sites for hydroxylation is 2. The van der Waals surface area contributed by atoms with Gasteiger partial charge in [-0.2, -0.15) is 0 Å². The van der Waals surface area contributed by atoms with Crippen LogP contribution in [0, 0.1) is 13.8 Å². The van der Waals surface area contributed by atoms with E-state index in [2.05, 4.69) is 34.7 Å². The summed E-state index contributed by atoms with van der Waals surface area (Å²) in [5.74, 6) is 0.815. The lowest BCUT2D eigenvalue weighted by Crippen LogP contribution is -2.36. The predicted octanol–water partition coefficient (Wildman–Crippen LogP) is 3.78. The number of methoxy groups -OCH3 is 1. The molecule has 1 heterocycles. The average molecular weight is 474 g/mol. The Labute approximate surface area is 171 Å². The number of hydrogen-bond donors (Lipinski definition) is 2. The number of hydrogen-bond acceptors (Lipinski definition) is 4. The van der Waals surface area contributed by atoms with Crippen molar-refractivity contribution < 1.29 is 4.74 Å². The predicted molar refractivity (Wildman–Crippen MR) is 116 cm³/mol. The summed E-state index contributed by atoms with van der Waals surface area (Å²) in [6.45, 7) is 8.94. The molecule has 0 fully saturated rings. The molecule has 2 aromatic rings. The lowest BCUT2D eigenvalue weighted by atomic mass is 10.1. The van der Waals surface area contributed by atoms with Gasteiger partial charge in [-0.05, 0) is 31.9 Å². The topological polar surface area (TPSA) is 58.5 Å². The minimum absolute atomic E-state index is 0. The molecule has 7 heteroatoms. The highest BCUT2D eigenvalue weighted by atomic mass is 127. The minimum Gasteiger partial charge on any atom is -0.380 e. The second-order valence-electron chi connectivity index (χ2n) is 5.49. The summed E-state index contributed by atoms with van der Waals surface area (Å²) in [6.07, 6.45) is 0. The van der Waals surface area contributed by atoms with Crippen molar-refractivity contribution in [2.75, 3.05) is 13.7 Å². The van der Waals surface area contributed by atoms with Crippen LogP contribution in [0.4, 0.5) is 0 Å². The minimum atomic E-state index is 0. The molecule has 0 unspecified atom stereocenters. The lowest BCUT2D eigenvalue weighted by molar-refractivity contribution is 0.184. The molecule has 138 valence electrons. The van der Waals surface area contributed by atoms with Crippen LogP contribution < -0.4 is 10.6 Å². The highest BCUT2D eigenvalue weighted by Crippen LogP contribution is 2.16. The van der Waals surface area contributed by atoms with Gasteiger partial charge in [-0.1, -0.05) is 24.3 Å². The second-order valence-corrected chi connectivity index (χ2v) is 6.78. The Kier molecular flexibility index (Phi) is 9.99. The number of aromatic nitrogens is 1. The van der Waals surface area contributed by atoms with E-state index in [1.807, 2.05) is 26.0 Å². The van der Waals surface area contributed by atoms with Crippen LogP contribution in [-0.2, 0) is 24.4 Å². The third-order valence-corrected chi connectivity index (χ3v) is 4.66. The molecule has 2 rings (SSSR count). The first-order valence-corrected chi connectivity index (χ1v) is 8.96. The van der Waals surface area contributed by atoms with Gasteiger partial charge in [0.05, 0.1) is 30.4 Å². The van der Waals surface area contributed by atoms with Crippen LogP contribution in [0.15, 0.2) is 29.3 Å². The summed E-state index contributed by atoms with van der Waals surface area (Å²) in [4.78, 5) is 10.4. The van der Waals surface area contributed by atoms with Gasteiger partial charge >= 0.3 is 0 Å². The third kappa shape index (κ3) is 6.91. The zero-order chi connectivity index (χ0) is 17.4. The molecule has 0 amide bonds. The zero-order valence-corrected chi connectivity index (χ0v) is 18.4. The molecule has 25 heavy (non-hydrogen) atoms. The summed E-state index contributed by atoms with van der Waals surface area (Å²) in [5, 5.41) is 7.78. The van der Waals surface area contributed by atoms with E-state index in [0.29, 0.717) is 13.2 Å². The zero-order valence-electron chi connectivity index (χ0n) is 15.3. The first-order valence-electron chi connectivity index (χ1n) is 8.14. The van der Waals surface area contributed by atoms with E-state index in [1.165, 1.54) is 16.0 Å². The molecule has 0 aliphatic heterocycles. The van der Waals surface area contributed by atoms with Crippen molar-refractivity contribution in [2.24, 2.45) is 4.99 Å². The summed E-state index contributed by atoms with van der Waals surface area (Å²) in [5.41, 5.74) is 3.45. The molecule has 0 spiro atoms. The molecular weight excluding hydrogens is 447 g/mol. The van der Waals surface area contributed by atoms with Gasteiger partial charge < -0.3 is 15.4 Å². The van der Waals surface area contributed by atoms with Gasteiger partial charge in [0, 0.05) is 18.5 Å². The molecule has 0 bridgehead atoms. The van der Waals surface area contributed by atoms with Crippen molar-refractivity contribution in [3.8, 4) is 0 Å². The van der Waals surface area contributed by atoms with Crippen LogP contribution >= 0.6 is 35.3 Å². The second kappa shape index (κ2) is 11.4. The van der Waals surface area contributed by atoms with E-state index >= 15 is 0 Å². The average Bonchev–Trinajstić information content (AvgIpc) is 2.89. The Bertz CT molecular complexity index is 687. The Morgan fingerprint density at radius 3 is 2.52 bits per heavy atom. The summed E-state index contributed by atoms with van der Waals surface area (Å²) >= 11 is 1.73. The van der Waals surface area contributed by atoms with Crippen molar-refractivity contribution in [1.29, 1.82) is 0 Å². The number of thiazole rings is 1. The largest absolute Gasteiger partial charge is 0.380 e. The Morgan fingerprint density at radius 1 is 1.20 bits per heavy atom. The first kappa shape index (κ1) is 21.9. The van der Waals surface area contributed by atoms with Crippen molar-refractivity contribution in [3.05, 3.63) is 51.0 Å². The van der Waals surface area contributed by atoms with Gasteiger partial charge in [-0.3, -0.25) is 0 Å². The third-order valence-electron chi connectivity index (χ3n) is 3.59. The monoisotopic (exact) mass is 474 g/mol. The van der Waals surface area contributed by atoms with Crippen molar-refractivity contribution in [1.82, 2.24) is 15.6 Å². The van der Waals surface area contributed by atoms with Crippen molar-refractivity contribution in [2.45, 2.75) is 40.5 Å². The fraction of sp³-hybridized carbons (Fsp3) is 0.444. The Morgan fingerprint density at radius 2 is 1.92 bits per heavy atom. The molecule has 1 aromatic carbocycles. The molecule has 0 atom stereocenters. The van der Waals surface area contributed by atoms with Gasteiger partial charge in [0.25, 0.3) is 0 Å². The molecule has 0 saturated carbocycles. The fourth-order valence-electron chi connectivity index (χ4n) is 2.42. The van der Waals surface area contributed by atoms with Gasteiger partial charge in [-0.15, -0.1) is 35.3 Å². The van der Waals surface area contributed by atoms with Crippen LogP contribution in [0.3, 0.4) is 0 Å². The van der Waals surface area contributed by atoms with Crippen LogP contribution in [-0.4, -0.2) is 24.6 Å². The molecule has 2 N–H and O–H groups in total. The number of nitrogens with zero attached hydrogens (tertiary/aromatic N) is 2. The summed E-state index contributed by atoms with van der Waals surface area (Å²) in [7, 11) is 1.71. The van der Waals surface area contributed by atoms with Crippen LogP contribution in [0.2, 0.25) is 0 Å². The van der Waals surface area contributed by atoms with Crippen LogP contribution in [0.25, 0.3) is 0 Å². The maximum absolute atomic E-state index is 5.26. The van der Waals surface area contributed by atoms with E-state index < -0.39 is 0 Å². The number of aliphatic imine (C=N–C) groups is 1. The number of ether oxygens (including phenoxy) is 1. The summed E-state index contributed by atoms with van der Waals surface area (Å²) in [6, 6.07) is 8.24. The van der Waals surface area contributed by atoms with Gasteiger partial charge in [0.2, 0.25) is 0 Å². The van der Waals surface area contributed by atoms with Gasteiger partial charge in [0.1, 0.15) is 0 Å². The van der Waals surface area contributed by atoms with E-state index in [0.717, 1.165) is 29.8 Å². The van der Waals surface area contributed by atoms with E-state index in [1.54, 1.807) is 18.4 Å². The number of halogens is 1. The molecule has 0 aliphatic carbocycles. The van der Waals surface area contributed by atoms with E-state index in [9.17, 15) is 0 Å². The molecule has 0 aliphatic rings. The Hall–Kier alpha value is -1.19. The molecule has 0 saturated heterocycles. The molecular formula is C18H27IN4OS. The quantitative estimate of drug-likeness (QED) is 0.365. The van der Waals surface area contributed by atoms with Gasteiger partial charge in [-0.25, -0.2) is 9.98 Å². The maximum atomic E-state index is 5.26.